The van der Waals surface area contributed by atoms with Crippen molar-refractivity contribution in [2.75, 3.05) is 11.9 Å². The number of rotatable bonds is 4. The van der Waals surface area contributed by atoms with Gasteiger partial charge in [-0.05, 0) is 35.4 Å². The molecule has 1 aromatic heterocycles. The molecule has 0 saturated heterocycles. The lowest BCUT2D eigenvalue weighted by Crippen LogP contribution is -2.31. The van der Waals surface area contributed by atoms with Crippen LogP contribution >= 0.6 is 11.6 Å². The third-order valence-electron chi connectivity index (χ3n) is 5.56. The lowest BCUT2D eigenvalue weighted by atomic mass is 10.0. The van der Waals surface area contributed by atoms with Gasteiger partial charge in [0.25, 0.3) is 0 Å². The first-order chi connectivity index (χ1) is 16.6. The molecule has 1 aliphatic heterocycles. The minimum absolute atomic E-state index is 0.276. The highest BCUT2D eigenvalue weighted by molar-refractivity contribution is 6.30. The molecule has 0 fully saturated rings. The number of carbonyl (C=O) groups is 1. The van der Waals surface area contributed by atoms with Crippen LogP contribution in [-0.4, -0.2) is 33.1 Å². The smallest absolute Gasteiger partial charge is 0.306 e. The molecule has 8 heteroatoms. The van der Waals surface area contributed by atoms with Crippen molar-refractivity contribution in [2.24, 2.45) is 5.10 Å². The Labute approximate surface area is 201 Å². The quantitative estimate of drug-likeness (QED) is 0.426. The number of anilines is 1. The van der Waals surface area contributed by atoms with Gasteiger partial charge in [0.1, 0.15) is 12.1 Å². The highest BCUT2D eigenvalue weighted by atomic mass is 35.5. The maximum absolute atomic E-state index is 13.0. The minimum atomic E-state index is -0.353. The molecule has 1 aliphatic rings. The molecule has 1 N–H and O–H groups in total. The highest BCUT2D eigenvalue weighted by Crippen LogP contribution is 2.26. The molecular weight excluding hydrogens is 448 g/mol. The number of benzene rings is 3. The summed E-state index contributed by atoms with van der Waals surface area (Å²) in [4.78, 5) is 13.0. The van der Waals surface area contributed by atoms with Gasteiger partial charge in [-0.25, -0.2) is 9.80 Å². The van der Waals surface area contributed by atoms with Gasteiger partial charge >= 0.3 is 6.03 Å². The van der Waals surface area contributed by atoms with E-state index >= 15 is 0 Å². The first-order valence-electron chi connectivity index (χ1n) is 10.6. The van der Waals surface area contributed by atoms with Crippen molar-refractivity contribution in [1.29, 1.82) is 5.26 Å². The Morgan fingerprint density at radius 3 is 2.32 bits per heavy atom. The van der Waals surface area contributed by atoms with Crippen LogP contribution in [-0.2, 0) is 0 Å². The SMILES string of the molecule is N#Cc1cnn(C2CN(C(=O)Nc3ccc(-c4ccccc4)cc3)N=C2c2ccc(Cl)cc2)c1. The zero-order chi connectivity index (χ0) is 23.5. The fourth-order valence-corrected chi connectivity index (χ4v) is 3.95. The average Bonchev–Trinajstić information content (AvgIpc) is 3.53. The number of halogens is 1. The summed E-state index contributed by atoms with van der Waals surface area (Å²) in [7, 11) is 0. The van der Waals surface area contributed by atoms with Crippen molar-refractivity contribution >= 4 is 29.0 Å². The van der Waals surface area contributed by atoms with Gasteiger partial charge in [0.15, 0.2) is 0 Å². The third kappa shape index (κ3) is 4.40. The fraction of sp³-hybridized carbons (Fsp3) is 0.0769. The fourth-order valence-electron chi connectivity index (χ4n) is 3.83. The van der Waals surface area contributed by atoms with E-state index in [-0.39, 0.29) is 18.6 Å². The van der Waals surface area contributed by atoms with Crippen molar-refractivity contribution in [3.8, 4) is 17.2 Å². The van der Waals surface area contributed by atoms with E-state index in [4.69, 9.17) is 11.6 Å². The van der Waals surface area contributed by atoms with E-state index in [0.29, 0.717) is 22.0 Å². The van der Waals surface area contributed by atoms with E-state index in [9.17, 15) is 10.1 Å². The number of hydrogen-bond donors (Lipinski definition) is 1. The van der Waals surface area contributed by atoms with Crippen LogP contribution in [0.5, 0.6) is 0 Å². The molecule has 3 aromatic carbocycles. The van der Waals surface area contributed by atoms with Crippen molar-refractivity contribution in [3.63, 3.8) is 0 Å². The summed E-state index contributed by atoms with van der Waals surface area (Å²) >= 11 is 6.05. The van der Waals surface area contributed by atoms with Gasteiger partial charge < -0.3 is 5.32 Å². The van der Waals surface area contributed by atoms with E-state index in [2.05, 4.69) is 21.6 Å². The number of urea groups is 1. The number of carbonyl (C=O) groups excluding carboxylic acids is 1. The number of nitriles is 1. The average molecular weight is 467 g/mol. The molecular formula is C26H19ClN6O. The number of hydrazone groups is 1. The van der Waals surface area contributed by atoms with Crippen LogP contribution < -0.4 is 5.32 Å². The summed E-state index contributed by atoms with van der Waals surface area (Å²) in [5, 5.41) is 23.0. The molecule has 4 aromatic rings. The molecule has 1 unspecified atom stereocenters. The Hall–Kier alpha value is -4.41. The molecule has 0 saturated carbocycles. The van der Waals surface area contributed by atoms with Crippen LogP contribution in [0.4, 0.5) is 10.5 Å². The predicted molar refractivity (Wildman–Crippen MR) is 132 cm³/mol. The molecule has 166 valence electrons. The second-order valence-electron chi connectivity index (χ2n) is 7.78. The summed E-state index contributed by atoms with van der Waals surface area (Å²) in [6.45, 7) is 0.276. The molecule has 5 rings (SSSR count). The minimum Gasteiger partial charge on any atom is -0.306 e. The summed E-state index contributed by atoms with van der Waals surface area (Å²) in [5.74, 6) is 0. The molecule has 0 spiro atoms. The second-order valence-corrected chi connectivity index (χ2v) is 8.22. The molecule has 1 atom stereocenters. The van der Waals surface area contributed by atoms with Crippen LogP contribution in [0.25, 0.3) is 11.1 Å². The molecule has 2 amide bonds. The largest absolute Gasteiger partial charge is 0.342 e. The molecule has 0 aliphatic carbocycles. The molecule has 7 nitrogen and oxygen atoms in total. The maximum atomic E-state index is 13.0. The van der Waals surface area contributed by atoms with E-state index in [1.165, 1.54) is 11.2 Å². The second kappa shape index (κ2) is 9.22. The van der Waals surface area contributed by atoms with Crippen molar-refractivity contribution in [3.05, 3.63) is 107 Å². The normalized spacial score (nSPS) is 15.0. The first-order valence-corrected chi connectivity index (χ1v) is 11.0. The van der Waals surface area contributed by atoms with Gasteiger partial charge in [-0.15, -0.1) is 0 Å². The van der Waals surface area contributed by atoms with Crippen LogP contribution in [0.2, 0.25) is 5.02 Å². The molecule has 0 bridgehead atoms. The van der Waals surface area contributed by atoms with Crippen LogP contribution in [0, 0.1) is 11.3 Å². The van der Waals surface area contributed by atoms with E-state index in [1.54, 1.807) is 23.0 Å². The first kappa shape index (κ1) is 21.4. The summed E-state index contributed by atoms with van der Waals surface area (Å²) in [6.07, 6.45) is 3.15. The molecule has 2 heterocycles. The number of aromatic nitrogens is 2. The van der Waals surface area contributed by atoms with Gasteiger partial charge in [-0.3, -0.25) is 4.68 Å². The van der Waals surface area contributed by atoms with Gasteiger partial charge in [0.2, 0.25) is 0 Å². The standard InChI is InChI=1S/C26H19ClN6O/c27-22-10-6-21(7-11-22)25-24(32-16-18(14-28)15-29-32)17-33(31-25)26(34)30-23-12-8-20(9-13-23)19-4-2-1-3-5-19/h1-13,15-16,24H,17H2,(H,30,34). The third-order valence-corrected chi connectivity index (χ3v) is 5.81. The van der Waals surface area contributed by atoms with Gasteiger partial charge in [0, 0.05) is 22.5 Å². The lowest BCUT2D eigenvalue weighted by molar-refractivity contribution is 0.215. The highest BCUT2D eigenvalue weighted by Gasteiger charge is 2.33. The number of nitrogens with zero attached hydrogens (tertiary/aromatic N) is 5. The number of nitrogens with one attached hydrogen (secondary N) is 1. The van der Waals surface area contributed by atoms with E-state index in [0.717, 1.165) is 16.7 Å². The Morgan fingerprint density at radius 1 is 0.971 bits per heavy atom. The lowest BCUT2D eigenvalue weighted by Gasteiger charge is -2.16. The van der Waals surface area contributed by atoms with Gasteiger partial charge in [0.05, 0.1) is 24.0 Å². The monoisotopic (exact) mass is 466 g/mol. The van der Waals surface area contributed by atoms with Crippen LogP contribution in [0.3, 0.4) is 0 Å². The van der Waals surface area contributed by atoms with Crippen molar-refractivity contribution in [1.82, 2.24) is 14.8 Å². The van der Waals surface area contributed by atoms with Crippen molar-refractivity contribution in [2.45, 2.75) is 6.04 Å². The zero-order valence-corrected chi connectivity index (χ0v) is 18.7. The van der Waals surface area contributed by atoms with E-state index < -0.39 is 0 Å². The summed E-state index contributed by atoms with van der Waals surface area (Å²) in [6, 6.07) is 26.3. The van der Waals surface area contributed by atoms with E-state index in [1.807, 2.05) is 66.7 Å². The summed E-state index contributed by atoms with van der Waals surface area (Å²) < 4.78 is 1.66. The number of hydrogen-bond acceptors (Lipinski definition) is 4. The molecule has 0 radical (unpaired) electrons. The maximum Gasteiger partial charge on any atom is 0.342 e. The summed E-state index contributed by atoms with van der Waals surface area (Å²) in [5.41, 5.74) is 4.77. The van der Waals surface area contributed by atoms with Crippen molar-refractivity contribution < 1.29 is 4.79 Å². The Bertz CT molecular complexity index is 1390. The Kier molecular flexibility index (Phi) is 5.81. The predicted octanol–water partition coefficient (Wildman–Crippen LogP) is 5.57. The van der Waals surface area contributed by atoms with Gasteiger partial charge in [-0.1, -0.05) is 66.2 Å². The van der Waals surface area contributed by atoms with Crippen LogP contribution in [0.1, 0.15) is 17.2 Å². The topological polar surface area (TPSA) is 86.3 Å². The number of amides is 2. The Balaban J connectivity index is 1.37. The zero-order valence-electron chi connectivity index (χ0n) is 18.0. The van der Waals surface area contributed by atoms with Crippen LogP contribution in [0.15, 0.2) is 96.4 Å². The molecule has 34 heavy (non-hydrogen) atoms. The Morgan fingerprint density at radius 2 is 1.65 bits per heavy atom. The van der Waals surface area contributed by atoms with Gasteiger partial charge in [-0.2, -0.15) is 15.5 Å².